The largest absolute Gasteiger partial charge is 0.462 e. The first kappa shape index (κ1) is 28.6. The first-order valence-electron chi connectivity index (χ1n) is 13.7. The predicted molar refractivity (Wildman–Crippen MR) is 166 cm³/mol. The van der Waals surface area contributed by atoms with Crippen molar-refractivity contribution in [1.29, 1.82) is 0 Å². The van der Waals surface area contributed by atoms with Crippen molar-refractivity contribution >= 4 is 51.6 Å². The van der Waals surface area contributed by atoms with E-state index in [0.29, 0.717) is 27.7 Å². The van der Waals surface area contributed by atoms with Gasteiger partial charge in [-0.15, -0.1) is 23.1 Å². The normalized spacial score (nSPS) is 14.1. The molecule has 2 amide bonds. The van der Waals surface area contributed by atoms with Crippen molar-refractivity contribution in [2.75, 3.05) is 23.0 Å². The molecule has 0 aliphatic heterocycles. The number of esters is 1. The van der Waals surface area contributed by atoms with E-state index in [1.807, 2.05) is 49.4 Å². The number of carbonyl (C=O) groups is 3. The number of fused-ring (bicyclic) bond motifs is 1. The molecule has 2 N–H and O–H groups in total. The van der Waals surface area contributed by atoms with Crippen LogP contribution in [0.2, 0.25) is 0 Å². The number of hydrogen-bond acceptors (Lipinski definition) is 6. The van der Waals surface area contributed by atoms with Crippen LogP contribution in [0.5, 0.6) is 0 Å². The van der Waals surface area contributed by atoms with E-state index in [0.717, 1.165) is 40.2 Å². The van der Waals surface area contributed by atoms with Crippen LogP contribution in [0.15, 0.2) is 83.8 Å². The third-order valence-electron chi connectivity index (χ3n) is 7.04. The van der Waals surface area contributed by atoms with Crippen molar-refractivity contribution in [2.45, 2.75) is 43.9 Å². The number of thiophene rings is 1. The van der Waals surface area contributed by atoms with Crippen molar-refractivity contribution < 1.29 is 19.1 Å². The van der Waals surface area contributed by atoms with Crippen molar-refractivity contribution in [2.24, 2.45) is 0 Å². The lowest BCUT2D eigenvalue weighted by molar-refractivity contribution is -0.113. The number of amides is 2. The van der Waals surface area contributed by atoms with E-state index < -0.39 is 0 Å². The minimum atomic E-state index is -0.386. The number of hydrogen-bond donors (Lipinski definition) is 2. The molecule has 41 heavy (non-hydrogen) atoms. The van der Waals surface area contributed by atoms with Gasteiger partial charge in [-0.05, 0) is 80.5 Å². The van der Waals surface area contributed by atoms with Gasteiger partial charge in [-0.2, -0.15) is 0 Å². The Morgan fingerprint density at radius 3 is 2.51 bits per heavy atom. The van der Waals surface area contributed by atoms with Gasteiger partial charge in [0.2, 0.25) is 5.91 Å². The molecule has 5 rings (SSSR count). The first-order valence-corrected chi connectivity index (χ1v) is 15.5. The Morgan fingerprint density at radius 1 is 0.976 bits per heavy atom. The van der Waals surface area contributed by atoms with Gasteiger partial charge in [-0.3, -0.25) is 9.59 Å². The Hall–Kier alpha value is -3.88. The number of thioether (sulfide) groups is 1. The summed E-state index contributed by atoms with van der Waals surface area (Å²) in [5.41, 5.74) is 5.12. The van der Waals surface area contributed by atoms with Crippen molar-refractivity contribution in [3.8, 4) is 0 Å². The number of carbonyl (C=O) groups excluding carboxylic acids is 3. The molecule has 0 saturated heterocycles. The van der Waals surface area contributed by atoms with Crippen LogP contribution in [0.4, 0.5) is 10.7 Å². The third-order valence-corrected chi connectivity index (χ3v) is 9.21. The maximum absolute atomic E-state index is 13.0. The zero-order valence-electron chi connectivity index (χ0n) is 23.1. The Labute approximate surface area is 248 Å². The minimum Gasteiger partial charge on any atom is -0.462 e. The number of anilines is 2. The molecule has 4 aromatic rings. The Kier molecular flexibility index (Phi) is 9.21. The standard InChI is InChI=1S/C33H32N2O4S2/c1-3-39-33(38)30-27-17-16-24(22-8-5-4-6-9-22)18-28(27)41-32(30)35-29(36)20-40-26-11-7-10-25(19-26)34-31(37)23-14-12-21(2)13-15-23/h4-15,19,24H,3,16-18,20H2,1-2H3,(H,34,37)(H,35,36). The average molecular weight is 585 g/mol. The molecule has 1 aliphatic carbocycles. The summed E-state index contributed by atoms with van der Waals surface area (Å²) in [6, 6.07) is 25.2. The summed E-state index contributed by atoms with van der Waals surface area (Å²) in [4.78, 5) is 40.6. The summed E-state index contributed by atoms with van der Waals surface area (Å²) in [7, 11) is 0. The zero-order chi connectivity index (χ0) is 28.8. The second-order valence-electron chi connectivity index (χ2n) is 9.96. The van der Waals surface area contributed by atoms with E-state index >= 15 is 0 Å². The Morgan fingerprint density at radius 2 is 1.76 bits per heavy atom. The van der Waals surface area contributed by atoms with E-state index in [4.69, 9.17) is 4.74 Å². The van der Waals surface area contributed by atoms with Crippen LogP contribution >= 0.6 is 23.1 Å². The van der Waals surface area contributed by atoms with Crippen molar-refractivity contribution in [3.63, 3.8) is 0 Å². The summed E-state index contributed by atoms with van der Waals surface area (Å²) in [6.07, 6.45) is 2.55. The molecule has 0 bridgehead atoms. The number of ether oxygens (including phenoxy) is 1. The molecule has 1 atom stereocenters. The number of nitrogens with one attached hydrogen (secondary N) is 2. The SMILES string of the molecule is CCOC(=O)c1c(NC(=O)CSc2cccc(NC(=O)c3ccc(C)cc3)c2)sc2c1CCC(c1ccccc1)C2. The molecule has 0 saturated carbocycles. The molecule has 6 nitrogen and oxygen atoms in total. The van der Waals surface area contributed by atoms with Gasteiger partial charge in [-0.25, -0.2) is 4.79 Å². The fraction of sp³-hybridized carbons (Fsp3) is 0.242. The van der Waals surface area contributed by atoms with Crippen molar-refractivity contribution in [3.05, 3.63) is 112 Å². The van der Waals surface area contributed by atoms with Gasteiger partial charge in [0.15, 0.2) is 0 Å². The molecule has 210 valence electrons. The van der Waals surface area contributed by atoms with E-state index in [1.165, 1.54) is 28.7 Å². The molecule has 1 aliphatic rings. The molecule has 3 aromatic carbocycles. The van der Waals surface area contributed by atoms with Crippen LogP contribution in [-0.2, 0) is 22.4 Å². The maximum Gasteiger partial charge on any atom is 0.341 e. The fourth-order valence-electron chi connectivity index (χ4n) is 4.99. The van der Waals surface area contributed by atoms with Gasteiger partial charge in [0.25, 0.3) is 5.91 Å². The van der Waals surface area contributed by atoms with Crippen LogP contribution < -0.4 is 10.6 Å². The molecule has 1 unspecified atom stereocenters. The predicted octanol–water partition coefficient (Wildman–Crippen LogP) is 7.49. The van der Waals surface area contributed by atoms with Crippen LogP contribution in [0, 0.1) is 6.92 Å². The molecule has 1 heterocycles. The van der Waals surface area contributed by atoms with Gasteiger partial charge in [0, 0.05) is 21.0 Å². The van der Waals surface area contributed by atoms with Gasteiger partial charge in [-0.1, -0.05) is 54.1 Å². The highest BCUT2D eigenvalue weighted by molar-refractivity contribution is 8.00. The molecule has 0 radical (unpaired) electrons. The monoisotopic (exact) mass is 584 g/mol. The van der Waals surface area contributed by atoms with E-state index in [1.54, 1.807) is 19.1 Å². The van der Waals surface area contributed by atoms with Crippen molar-refractivity contribution in [1.82, 2.24) is 0 Å². The Balaban J connectivity index is 1.25. The maximum atomic E-state index is 13.0. The summed E-state index contributed by atoms with van der Waals surface area (Å²) >= 11 is 2.85. The second kappa shape index (κ2) is 13.2. The minimum absolute atomic E-state index is 0.160. The molecule has 0 fully saturated rings. The highest BCUT2D eigenvalue weighted by Crippen LogP contribution is 2.43. The lowest BCUT2D eigenvalue weighted by Gasteiger charge is -2.23. The van der Waals surface area contributed by atoms with Gasteiger partial charge in [0.05, 0.1) is 17.9 Å². The quantitative estimate of drug-likeness (QED) is 0.157. The van der Waals surface area contributed by atoms with E-state index in [9.17, 15) is 14.4 Å². The third kappa shape index (κ3) is 7.07. The van der Waals surface area contributed by atoms with Gasteiger partial charge < -0.3 is 15.4 Å². The topological polar surface area (TPSA) is 84.5 Å². The fourth-order valence-corrected chi connectivity index (χ4v) is 7.07. The van der Waals surface area contributed by atoms with Crippen LogP contribution in [0.3, 0.4) is 0 Å². The smallest absolute Gasteiger partial charge is 0.341 e. The lowest BCUT2D eigenvalue weighted by Crippen LogP contribution is -2.18. The van der Waals surface area contributed by atoms with Gasteiger partial charge in [0.1, 0.15) is 5.00 Å². The summed E-state index contributed by atoms with van der Waals surface area (Å²) < 4.78 is 5.37. The summed E-state index contributed by atoms with van der Waals surface area (Å²) in [5.74, 6) is -0.230. The molecular formula is C33H32N2O4S2. The van der Waals surface area contributed by atoms with E-state index in [-0.39, 0.29) is 30.1 Å². The summed E-state index contributed by atoms with van der Waals surface area (Å²) in [5, 5.41) is 6.47. The summed E-state index contributed by atoms with van der Waals surface area (Å²) in [6.45, 7) is 4.04. The number of aryl methyl sites for hydroxylation is 1. The zero-order valence-corrected chi connectivity index (χ0v) is 24.7. The van der Waals surface area contributed by atoms with Crippen LogP contribution in [-0.4, -0.2) is 30.1 Å². The lowest BCUT2D eigenvalue weighted by atomic mass is 9.83. The highest BCUT2D eigenvalue weighted by Gasteiger charge is 2.30. The second-order valence-corrected chi connectivity index (χ2v) is 12.1. The number of rotatable bonds is 9. The molecule has 8 heteroatoms. The van der Waals surface area contributed by atoms with Gasteiger partial charge >= 0.3 is 5.97 Å². The van der Waals surface area contributed by atoms with Crippen LogP contribution in [0.1, 0.15) is 61.5 Å². The average Bonchev–Trinajstić information content (AvgIpc) is 3.34. The van der Waals surface area contributed by atoms with Crippen LogP contribution in [0.25, 0.3) is 0 Å². The Bertz CT molecular complexity index is 1550. The highest BCUT2D eigenvalue weighted by atomic mass is 32.2. The number of benzene rings is 3. The molecule has 0 spiro atoms. The molecule has 1 aromatic heterocycles. The van der Waals surface area contributed by atoms with E-state index in [2.05, 4.69) is 34.9 Å². The molecular weight excluding hydrogens is 553 g/mol. The first-order chi connectivity index (χ1) is 19.9.